The summed E-state index contributed by atoms with van der Waals surface area (Å²) in [5.74, 6) is 0.802. The third-order valence-corrected chi connectivity index (χ3v) is 5.46. The Kier molecular flexibility index (Phi) is 4.76. The van der Waals surface area contributed by atoms with Gasteiger partial charge in [-0.3, -0.25) is 9.48 Å². The highest BCUT2D eigenvalue weighted by Gasteiger charge is 2.36. The molecule has 0 bridgehead atoms. The maximum absolute atomic E-state index is 13.0. The van der Waals surface area contributed by atoms with Gasteiger partial charge in [-0.2, -0.15) is 5.10 Å². The van der Waals surface area contributed by atoms with Gasteiger partial charge in [0.25, 0.3) is 5.91 Å². The second-order valence-electron chi connectivity index (χ2n) is 7.31. The van der Waals surface area contributed by atoms with Gasteiger partial charge in [0, 0.05) is 31.0 Å². The first kappa shape index (κ1) is 16.5. The SMILES string of the molecule is CCC(C)n1ncc(C(=O)N2CCCC(C(C)O)C2)c1C1CC1. The minimum atomic E-state index is -0.351. The van der Waals surface area contributed by atoms with Gasteiger partial charge in [-0.05, 0) is 46.0 Å². The number of likely N-dealkylation sites (tertiary alicyclic amines) is 1. The molecule has 1 aliphatic carbocycles. The molecule has 2 aliphatic rings. The number of nitrogens with zero attached hydrogens (tertiary/aromatic N) is 3. The van der Waals surface area contributed by atoms with Crippen LogP contribution in [0.1, 0.15) is 80.9 Å². The molecule has 0 aromatic carbocycles. The molecule has 23 heavy (non-hydrogen) atoms. The predicted octanol–water partition coefficient (Wildman–Crippen LogP) is 2.96. The molecule has 1 aromatic heterocycles. The second-order valence-corrected chi connectivity index (χ2v) is 7.31. The zero-order chi connectivity index (χ0) is 16.6. The molecule has 0 radical (unpaired) electrons. The summed E-state index contributed by atoms with van der Waals surface area (Å²) in [6, 6.07) is 0.332. The number of aliphatic hydroxyl groups is 1. The fourth-order valence-corrected chi connectivity index (χ4v) is 3.58. The fourth-order valence-electron chi connectivity index (χ4n) is 3.58. The van der Waals surface area contributed by atoms with Crippen molar-refractivity contribution >= 4 is 5.91 Å². The van der Waals surface area contributed by atoms with E-state index in [1.165, 1.54) is 12.8 Å². The lowest BCUT2D eigenvalue weighted by molar-refractivity contribution is 0.0465. The summed E-state index contributed by atoms with van der Waals surface area (Å²) in [4.78, 5) is 15.0. The van der Waals surface area contributed by atoms with Gasteiger partial charge in [0.15, 0.2) is 0 Å². The Morgan fingerprint density at radius 3 is 2.74 bits per heavy atom. The maximum Gasteiger partial charge on any atom is 0.257 e. The van der Waals surface area contributed by atoms with E-state index in [4.69, 9.17) is 0 Å². The number of rotatable bonds is 5. The number of carbonyl (C=O) groups excluding carboxylic acids is 1. The van der Waals surface area contributed by atoms with Crippen LogP contribution in [0.3, 0.4) is 0 Å². The smallest absolute Gasteiger partial charge is 0.257 e. The van der Waals surface area contributed by atoms with E-state index in [-0.39, 0.29) is 17.9 Å². The normalized spacial score (nSPS) is 24.5. The van der Waals surface area contributed by atoms with E-state index in [1.807, 2.05) is 11.8 Å². The number of aliphatic hydroxyl groups excluding tert-OH is 1. The van der Waals surface area contributed by atoms with Crippen molar-refractivity contribution in [3.05, 3.63) is 17.5 Å². The molecular weight excluding hydrogens is 290 g/mol. The van der Waals surface area contributed by atoms with E-state index in [2.05, 4.69) is 23.6 Å². The quantitative estimate of drug-likeness (QED) is 0.908. The van der Waals surface area contributed by atoms with Crippen LogP contribution >= 0.6 is 0 Å². The van der Waals surface area contributed by atoms with Gasteiger partial charge < -0.3 is 10.0 Å². The van der Waals surface area contributed by atoms with Crippen LogP contribution in [0.2, 0.25) is 0 Å². The number of aromatic nitrogens is 2. The molecule has 3 atom stereocenters. The van der Waals surface area contributed by atoms with E-state index in [0.29, 0.717) is 18.5 Å². The monoisotopic (exact) mass is 319 g/mol. The molecule has 5 heteroatoms. The molecule has 1 aliphatic heterocycles. The topological polar surface area (TPSA) is 58.4 Å². The molecule has 1 saturated carbocycles. The van der Waals surface area contributed by atoms with E-state index in [1.54, 1.807) is 6.20 Å². The van der Waals surface area contributed by atoms with Gasteiger partial charge >= 0.3 is 0 Å². The Morgan fingerprint density at radius 2 is 2.13 bits per heavy atom. The Balaban J connectivity index is 1.83. The van der Waals surface area contributed by atoms with Crippen LogP contribution in [0.25, 0.3) is 0 Å². The van der Waals surface area contributed by atoms with Crippen LogP contribution in [-0.2, 0) is 0 Å². The molecule has 1 saturated heterocycles. The highest BCUT2D eigenvalue weighted by molar-refractivity contribution is 5.95. The van der Waals surface area contributed by atoms with E-state index in [9.17, 15) is 9.90 Å². The first-order valence-corrected chi connectivity index (χ1v) is 9.07. The van der Waals surface area contributed by atoms with Crippen molar-refractivity contribution in [3.63, 3.8) is 0 Å². The van der Waals surface area contributed by atoms with E-state index >= 15 is 0 Å². The molecule has 1 N–H and O–H groups in total. The zero-order valence-electron chi connectivity index (χ0n) is 14.5. The number of piperidine rings is 1. The Morgan fingerprint density at radius 1 is 1.39 bits per heavy atom. The maximum atomic E-state index is 13.0. The Hall–Kier alpha value is -1.36. The van der Waals surface area contributed by atoms with Crippen LogP contribution in [0.5, 0.6) is 0 Å². The van der Waals surface area contributed by atoms with Gasteiger partial charge in [0.2, 0.25) is 0 Å². The standard InChI is InChI=1S/C18H29N3O2/c1-4-12(2)21-17(14-7-8-14)16(10-19-21)18(23)20-9-5-6-15(11-20)13(3)22/h10,12-15,22H,4-9,11H2,1-3H3. The lowest BCUT2D eigenvalue weighted by Crippen LogP contribution is -2.43. The third-order valence-electron chi connectivity index (χ3n) is 5.46. The minimum Gasteiger partial charge on any atom is -0.393 e. The first-order chi connectivity index (χ1) is 11.0. The third kappa shape index (κ3) is 3.30. The average Bonchev–Trinajstić information content (AvgIpc) is 3.31. The summed E-state index contributed by atoms with van der Waals surface area (Å²) in [5, 5.41) is 14.4. The van der Waals surface area contributed by atoms with Gasteiger partial charge in [-0.1, -0.05) is 6.92 Å². The first-order valence-electron chi connectivity index (χ1n) is 9.07. The lowest BCUT2D eigenvalue weighted by Gasteiger charge is -2.34. The summed E-state index contributed by atoms with van der Waals surface area (Å²) in [5.41, 5.74) is 1.93. The van der Waals surface area contributed by atoms with Gasteiger partial charge in [0.1, 0.15) is 0 Å². The highest BCUT2D eigenvalue weighted by Crippen LogP contribution is 2.43. The predicted molar refractivity (Wildman–Crippen MR) is 89.5 cm³/mol. The van der Waals surface area contributed by atoms with Gasteiger partial charge in [0.05, 0.1) is 23.6 Å². The summed E-state index contributed by atoms with van der Waals surface area (Å²) in [7, 11) is 0. The molecule has 2 fully saturated rings. The largest absolute Gasteiger partial charge is 0.393 e. The summed E-state index contributed by atoms with van der Waals surface area (Å²) in [6.45, 7) is 7.60. The second kappa shape index (κ2) is 6.63. The van der Waals surface area contributed by atoms with Crippen LogP contribution in [0.4, 0.5) is 0 Å². The Bertz CT molecular complexity index is 563. The number of amides is 1. The summed E-state index contributed by atoms with van der Waals surface area (Å²) < 4.78 is 2.07. The highest BCUT2D eigenvalue weighted by atomic mass is 16.3. The number of hydrogen-bond donors (Lipinski definition) is 1. The van der Waals surface area contributed by atoms with Crippen LogP contribution < -0.4 is 0 Å². The molecular formula is C18H29N3O2. The van der Waals surface area contributed by atoms with Crippen molar-refractivity contribution in [2.24, 2.45) is 5.92 Å². The van der Waals surface area contributed by atoms with E-state index in [0.717, 1.165) is 37.1 Å². The Labute approximate surface area is 138 Å². The molecule has 3 rings (SSSR count). The van der Waals surface area contributed by atoms with Crippen molar-refractivity contribution in [2.75, 3.05) is 13.1 Å². The zero-order valence-corrected chi connectivity index (χ0v) is 14.5. The number of carbonyl (C=O) groups is 1. The molecule has 128 valence electrons. The van der Waals surface area contributed by atoms with Crippen molar-refractivity contribution in [3.8, 4) is 0 Å². The summed E-state index contributed by atoms with van der Waals surface area (Å²) >= 11 is 0. The van der Waals surface area contributed by atoms with Gasteiger partial charge in [-0.25, -0.2) is 0 Å². The van der Waals surface area contributed by atoms with Crippen molar-refractivity contribution in [2.45, 2.75) is 70.9 Å². The minimum absolute atomic E-state index is 0.104. The molecule has 2 heterocycles. The van der Waals surface area contributed by atoms with Crippen molar-refractivity contribution < 1.29 is 9.90 Å². The average molecular weight is 319 g/mol. The molecule has 3 unspecified atom stereocenters. The molecule has 1 amide bonds. The fraction of sp³-hybridized carbons (Fsp3) is 0.778. The van der Waals surface area contributed by atoms with Crippen LogP contribution in [-0.4, -0.2) is 44.9 Å². The number of hydrogen-bond acceptors (Lipinski definition) is 3. The van der Waals surface area contributed by atoms with Gasteiger partial charge in [-0.15, -0.1) is 0 Å². The molecule has 1 aromatic rings. The van der Waals surface area contributed by atoms with E-state index < -0.39 is 0 Å². The van der Waals surface area contributed by atoms with Crippen LogP contribution in [0, 0.1) is 5.92 Å². The molecule has 5 nitrogen and oxygen atoms in total. The lowest BCUT2D eigenvalue weighted by atomic mass is 9.93. The molecule has 0 spiro atoms. The summed E-state index contributed by atoms with van der Waals surface area (Å²) in [6.07, 6.45) is 6.74. The van der Waals surface area contributed by atoms with Crippen molar-refractivity contribution in [1.29, 1.82) is 0 Å². The van der Waals surface area contributed by atoms with Crippen molar-refractivity contribution in [1.82, 2.24) is 14.7 Å². The van der Waals surface area contributed by atoms with Crippen LogP contribution in [0.15, 0.2) is 6.20 Å².